The molecule has 1 aromatic rings. The van der Waals surface area contributed by atoms with Crippen LogP contribution < -0.4 is 0 Å². The number of halogens is 1. The number of hydrogen-bond acceptors (Lipinski definition) is 2. The Bertz CT molecular complexity index is 409. The molecule has 0 aromatic heterocycles. The molecule has 86 valence electrons. The lowest BCUT2D eigenvalue weighted by Gasteiger charge is -2.44. The van der Waals surface area contributed by atoms with E-state index in [1.54, 1.807) is 24.0 Å². The molecule has 0 aliphatic carbocycles. The third-order valence-electron chi connectivity index (χ3n) is 2.66. The molecule has 1 aliphatic rings. The Morgan fingerprint density at radius 2 is 2.25 bits per heavy atom. The van der Waals surface area contributed by atoms with Crippen LogP contribution in [0.5, 0.6) is 0 Å². The first-order chi connectivity index (χ1) is 7.46. The van der Waals surface area contributed by atoms with Gasteiger partial charge in [0.1, 0.15) is 5.82 Å². The van der Waals surface area contributed by atoms with E-state index in [9.17, 15) is 14.3 Å². The van der Waals surface area contributed by atoms with Gasteiger partial charge in [-0.25, -0.2) is 4.39 Å². The SMILES string of the molecule is CC1(O)CN(C(=O)Cc2cccc(F)c2)C1. The van der Waals surface area contributed by atoms with Crippen LogP contribution in [-0.2, 0) is 11.2 Å². The normalized spacial score (nSPS) is 18.1. The first kappa shape index (κ1) is 11.1. The minimum absolute atomic E-state index is 0.0721. The van der Waals surface area contributed by atoms with Gasteiger partial charge in [-0.2, -0.15) is 0 Å². The first-order valence-electron chi connectivity index (χ1n) is 5.21. The van der Waals surface area contributed by atoms with Gasteiger partial charge in [0.05, 0.1) is 25.1 Å². The Hall–Kier alpha value is -1.42. The molecule has 1 N–H and O–H groups in total. The molecule has 0 atom stereocenters. The molecule has 1 aromatic carbocycles. The Balaban J connectivity index is 1.94. The van der Waals surface area contributed by atoms with Gasteiger partial charge in [0, 0.05) is 0 Å². The number of amides is 1. The molecule has 0 radical (unpaired) electrons. The predicted octanol–water partition coefficient (Wildman–Crippen LogP) is 0.961. The van der Waals surface area contributed by atoms with Crippen molar-refractivity contribution in [2.75, 3.05) is 13.1 Å². The molecular formula is C12H14FNO2. The van der Waals surface area contributed by atoms with Gasteiger partial charge in [0.15, 0.2) is 0 Å². The van der Waals surface area contributed by atoms with Crippen LogP contribution in [0.25, 0.3) is 0 Å². The minimum Gasteiger partial charge on any atom is -0.386 e. The fourth-order valence-electron chi connectivity index (χ4n) is 1.89. The summed E-state index contributed by atoms with van der Waals surface area (Å²) in [5.74, 6) is -0.405. The van der Waals surface area contributed by atoms with Crippen molar-refractivity contribution in [1.82, 2.24) is 4.90 Å². The Morgan fingerprint density at radius 3 is 2.81 bits per heavy atom. The highest BCUT2D eigenvalue weighted by Gasteiger charge is 2.38. The van der Waals surface area contributed by atoms with Gasteiger partial charge in [-0.1, -0.05) is 12.1 Å². The Morgan fingerprint density at radius 1 is 1.56 bits per heavy atom. The van der Waals surface area contributed by atoms with E-state index >= 15 is 0 Å². The summed E-state index contributed by atoms with van der Waals surface area (Å²) < 4.78 is 12.9. The molecule has 1 amide bonds. The second kappa shape index (κ2) is 3.87. The number of likely N-dealkylation sites (tertiary alicyclic amines) is 1. The lowest BCUT2D eigenvalue weighted by molar-refractivity contribution is -0.151. The lowest BCUT2D eigenvalue weighted by Crippen LogP contribution is -2.62. The van der Waals surface area contributed by atoms with Crippen molar-refractivity contribution >= 4 is 5.91 Å². The smallest absolute Gasteiger partial charge is 0.227 e. The molecule has 0 bridgehead atoms. The van der Waals surface area contributed by atoms with Gasteiger partial charge < -0.3 is 10.0 Å². The summed E-state index contributed by atoms with van der Waals surface area (Å²) in [5, 5.41) is 9.49. The van der Waals surface area contributed by atoms with E-state index in [1.165, 1.54) is 12.1 Å². The van der Waals surface area contributed by atoms with Crippen molar-refractivity contribution in [2.45, 2.75) is 18.9 Å². The van der Waals surface area contributed by atoms with Crippen LogP contribution in [0, 0.1) is 5.82 Å². The third kappa shape index (κ3) is 2.39. The zero-order chi connectivity index (χ0) is 11.8. The van der Waals surface area contributed by atoms with Crippen LogP contribution >= 0.6 is 0 Å². The second-order valence-corrected chi connectivity index (χ2v) is 4.55. The summed E-state index contributed by atoms with van der Waals surface area (Å²) in [4.78, 5) is 13.3. The van der Waals surface area contributed by atoms with Gasteiger partial charge in [-0.3, -0.25) is 4.79 Å². The molecular weight excluding hydrogens is 209 g/mol. The third-order valence-corrected chi connectivity index (χ3v) is 2.66. The molecule has 0 unspecified atom stereocenters. The highest BCUT2D eigenvalue weighted by atomic mass is 19.1. The number of carbonyl (C=O) groups is 1. The zero-order valence-electron chi connectivity index (χ0n) is 9.11. The van der Waals surface area contributed by atoms with Gasteiger partial charge in [-0.05, 0) is 24.6 Å². The standard InChI is InChI=1S/C12H14FNO2/c1-12(16)7-14(8-12)11(15)6-9-3-2-4-10(13)5-9/h2-5,16H,6-8H2,1H3. The molecule has 3 nitrogen and oxygen atoms in total. The van der Waals surface area contributed by atoms with Crippen LogP contribution in [0.15, 0.2) is 24.3 Å². The maximum Gasteiger partial charge on any atom is 0.227 e. The quantitative estimate of drug-likeness (QED) is 0.811. The van der Waals surface area contributed by atoms with E-state index in [-0.39, 0.29) is 18.1 Å². The largest absolute Gasteiger partial charge is 0.386 e. The number of rotatable bonds is 2. The summed E-state index contributed by atoms with van der Waals surface area (Å²) in [5.41, 5.74) is -0.0889. The highest BCUT2D eigenvalue weighted by Crippen LogP contribution is 2.20. The maximum absolute atomic E-state index is 12.9. The van der Waals surface area contributed by atoms with Crippen molar-refractivity contribution in [2.24, 2.45) is 0 Å². The molecule has 2 rings (SSSR count). The van der Waals surface area contributed by atoms with Crippen LogP contribution in [0.1, 0.15) is 12.5 Å². The van der Waals surface area contributed by atoms with Crippen molar-refractivity contribution in [3.05, 3.63) is 35.6 Å². The topological polar surface area (TPSA) is 40.5 Å². The molecule has 0 saturated carbocycles. The molecule has 0 spiro atoms. The fraction of sp³-hybridized carbons (Fsp3) is 0.417. The summed E-state index contributed by atoms with van der Waals surface area (Å²) >= 11 is 0. The van der Waals surface area contributed by atoms with Crippen LogP contribution in [0.3, 0.4) is 0 Å². The van der Waals surface area contributed by atoms with Gasteiger partial charge in [-0.15, -0.1) is 0 Å². The predicted molar refractivity (Wildman–Crippen MR) is 57.3 cm³/mol. The summed E-state index contributed by atoms with van der Waals surface area (Å²) in [6, 6.07) is 6.02. The van der Waals surface area contributed by atoms with E-state index in [2.05, 4.69) is 0 Å². The zero-order valence-corrected chi connectivity index (χ0v) is 9.11. The van der Waals surface area contributed by atoms with Crippen LogP contribution in [-0.4, -0.2) is 34.6 Å². The lowest BCUT2D eigenvalue weighted by atomic mass is 9.96. The number of benzene rings is 1. The van der Waals surface area contributed by atoms with Crippen molar-refractivity contribution in [3.8, 4) is 0 Å². The van der Waals surface area contributed by atoms with E-state index in [4.69, 9.17) is 0 Å². The molecule has 1 heterocycles. The van der Waals surface area contributed by atoms with Crippen molar-refractivity contribution < 1.29 is 14.3 Å². The monoisotopic (exact) mass is 223 g/mol. The number of β-amino-alcohol motifs (C(OH)–C–C–N with tert-alkyl or cyclic N) is 1. The number of aliphatic hydroxyl groups is 1. The highest BCUT2D eigenvalue weighted by molar-refractivity contribution is 5.79. The first-order valence-corrected chi connectivity index (χ1v) is 5.21. The minimum atomic E-state index is -0.752. The average Bonchev–Trinajstić information content (AvgIpc) is 2.13. The number of carbonyl (C=O) groups excluding carboxylic acids is 1. The van der Waals surface area contributed by atoms with E-state index in [1.807, 2.05) is 0 Å². The number of hydrogen-bond donors (Lipinski definition) is 1. The van der Waals surface area contributed by atoms with Crippen LogP contribution in [0.2, 0.25) is 0 Å². The van der Waals surface area contributed by atoms with E-state index in [0.717, 1.165) is 0 Å². The summed E-state index contributed by atoms with van der Waals surface area (Å²) in [6.45, 7) is 2.42. The van der Waals surface area contributed by atoms with Crippen LogP contribution in [0.4, 0.5) is 4.39 Å². The molecule has 1 saturated heterocycles. The van der Waals surface area contributed by atoms with Crippen molar-refractivity contribution in [3.63, 3.8) is 0 Å². The molecule has 1 fully saturated rings. The molecule has 1 aliphatic heterocycles. The fourth-order valence-corrected chi connectivity index (χ4v) is 1.89. The Kier molecular flexibility index (Phi) is 2.68. The molecule has 4 heteroatoms. The second-order valence-electron chi connectivity index (χ2n) is 4.55. The number of nitrogens with zero attached hydrogens (tertiary/aromatic N) is 1. The summed E-state index contributed by atoms with van der Waals surface area (Å²) in [7, 11) is 0. The molecule has 16 heavy (non-hydrogen) atoms. The Labute approximate surface area is 93.5 Å². The van der Waals surface area contributed by atoms with Gasteiger partial charge in [0.2, 0.25) is 5.91 Å². The van der Waals surface area contributed by atoms with Gasteiger partial charge in [0.25, 0.3) is 0 Å². The van der Waals surface area contributed by atoms with E-state index < -0.39 is 5.60 Å². The van der Waals surface area contributed by atoms with Crippen molar-refractivity contribution in [1.29, 1.82) is 0 Å². The van der Waals surface area contributed by atoms with E-state index in [0.29, 0.717) is 18.7 Å². The summed E-state index contributed by atoms with van der Waals surface area (Å²) in [6.07, 6.45) is 0.188. The average molecular weight is 223 g/mol. The maximum atomic E-state index is 12.9. The van der Waals surface area contributed by atoms with Gasteiger partial charge >= 0.3 is 0 Å².